The zero-order valence-electron chi connectivity index (χ0n) is 17.6. The van der Waals surface area contributed by atoms with Crippen LogP contribution in [0.3, 0.4) is 0 Å². The van der Waals surface area contributed by atoms with Crippen molar-refractivity contribution < 1.29 is 13.9 Å². The molecule has 2 aromatic rings. The van der Waals surface area contributed by atoms with Crippen molar-refractivity contribution in [1.82, 2.24) is 4.90 Å². The predicted molar refractivity (Wildman–Crippen MR) is 118 cm³/mol. The van der Waals surface area contributed by atoms with Crippen LogP contribution in [0, 0.1) is 0 Å². The number of rotatable bonds is 5. The lowest BCUT2D eigenvalue weighted by Gasteiger charge is -2.45. The number of nitrogens with zero attached hydrogens (tertiary/aromatic N) is 1. The van der Waals surface area contributed by atoms with E-state index in [1.54, 1.807) is 0 Å². The number of aliphatic hydroxyl groups is 1. The summed E-state index contributed by atoms with van der Waals surface area (Å²) < 4.78 is 21.4. The predicted octanol–water partition coefficient (Wildman–Crippen LogP) is 3.11. The Labute approximate surface area is 174 Å². The number of aliphatic hydroxyl groups excluding tert-OH is 1. The number of fused-ring (bicyclic) bond motifs is 1. The molecule has 3 nitrogen and oxygen atoms in total. The van der Waals surface area contributed by atoms with Gasteiger partial charge in [0, 0.05) is 25.0 Å². The fraction of sp³-hybridized carbons (Fsp3) is 0.500. The smallest absolute Gasteiger partial charge is 0.261 e. The molecule has 2 fully saturated rings. The van der Waals surface area contributed by atoms with Crippen molar-refractivity contribution in [2.24, 2.45) is 0 Å². The molecule has 0 amide bonds. The molecular weight excluding hydrogens is 381 g/mol. The summed E-state index contributed by atoms with van der Waals surface area (Å²) in [5.41, 5.74) is -0.397. The van der Waals surface area contributed by atoms with Crippen molar-refractivity contribution in [1.29, 1.82) is 0 Å². The molecule has 2 saturated heterocycles. The van der Waals surface area contributed by atoms with Crippen molar-refractivity contribution in [2.75, 3.05) is 19.7 Å². The number of hydrogen-bond acceptors (Lipinski definition) is 3. The summed E-state index contributed by atoms with van der Waals surface area (Å²) in [5, 5.41) is 12.7. The normalized spacial score (nSPS) is 27.9. The molecule has 0 saturated carbocycles. The Balaban J connectivity index is 1.77. The van der Waals surface area contributed by atoms with Gasteiger partial charge >= 0.3 is 0 Å². The molecule has 4 rings (SSSR count). The third-order valence-corrected chi connectivity index (χ3v) is 11.7. The lowest BCUT2D eigenvalue weighted by atomic mass is 9.94. The molecule has 156 valence electrons. The number of alkyl halides is 1. The highest BCUT2D eigenvalue weighted by molar-refractivity contribution is 6.99. The van der Waals surface area contributed by atoms with Crippen LogP contribution in [0.5, 0.6) is 0 Å². The molecule has 2 aliphatic rings. The van der Waals surface area contributed by atoms with Crippen molar-refractivity contribution in [3.63, 3.8) is 0 Å². The molecule has 1 unspecified atom stereocenters. The fourth-order valence-corrected chi connectivity index (χ4v) is 10.1. The average molecular weight is 414 g/mol. The average Bonchev–Trinajstić information content (AvgIpc) is 3.13. The Hall–Kier alpha value is -1.53. The van der Waals surface area contributed by atoms with E-state index in [0.29, 0.717) is 32.5 Å². The molecule has 0 aromatic heterocycles. The van der Waals surface area contributed by atoms with Gasteiger partial charge in [0.15, 0.2) is 0 Å². The van der Waals surface area contributed by atoms with Gasteiger partial charge in [0.2, 0.25) is 0 Å². The minimum atomic E-state index is -2.66. The molecule has 2 aliphatic heterocycles. The molecule has 0 bridgehead atoms. The SMILES string of the molecule is CC(C)(C)[Si](OC[C@@]12CC(O)CN1C[C@H](F)C2)(c1ccccc1)c1ccccc1. The fourth-order valence-electron chi connectivity index (χ4n) is 5.49. The monoisotopic (exact) mass is 413 g/mol. The van der Waals surface area contributed by atoms with Crippen LogP contribution in [0.1, 0.15) is 33.6 Å². The van der Waals surface area contributed by atoms with Gasteiger partial charge in [-0.05, 0) is 21.8 Å². The van der Waals surface area contributed by atoms with Crippen LogP contribution >= 0.6 is 0 Å². The van der Waals surface area contributed by atoms with Gasteiger partial charge in [-0.3, -0.25) is 4.90 Å². The van der Waals surface area contributed by atoms with Crippen LogP contribution < -0.4 is 10.4 Å². The van der Waals surface area contributed by atoms with Gasteiger partial charge in [-0.2, -0.15) is 0 Å². The molecule has 2 heterocycles. The molecule has 0 radical (unpaired) electrons. The number of β-amino-alcohol motifs (C(OH)–C–C–N with tert-alkyl or cyclic N) is 1. The molecule has 3 atom stereocenters. The van der Waals surface area contributed by atoms with Gasteiger partial charge in [-0.25, -0.2) is 4.39 Å². The Bertz CT molecular complexity index is 770. The molecule has 2 aromatic carbocycles. The van der Waals surface area contributed by atoms with E-state index in [4.69, 9.17) is 4.43 Å². The quantitative estimate of drug-likeness (QED) is 0.765. The van der Waals surface area contributed by atoms with Crippen molar-refractivity contribution in [2.45, 2.75) is 56.5 Å². The topological polar surface area (TPSA) is 32.7 Å². The van der Waals surface area contributed by atoms with Gasteiger partial charge in [0.25, 0.3) is 8.32 Å². The zero-order valence-corrected chi connectivity index (χ0v) is 18.6. The third kappa shape index (κ3) is 3.59. The van der Waals surface area contributed by atoms with Crippen LogP contribution in [0.15, 0.2) is 60.7 Å². The van der Waals surface area contributed by atoms with E-state index in [2.05, 4.69) is 74.2 Å². The van der Waals surface area contributed by atoms with Crippen LogP contribution in [0.2, 0.25) is 5.04 Å². The van der Waals surface area contributed by atoms with E-state index in [1.165, 1.54) is 10.4 Å². The lowest BCUT2D eigenvalue weighted by Crippen LogP contribution is -2.68. The summed E-state index contributed by atoms with van der Waals surface area (Å²) >= 11 is 0. The van der Waals surface area contributed by atoms with Gasteiger partial charge < -0.3 is 9.53 Å². The summed E-state index contributed by atoms with van der Waals surface area (Å²) in [5.74, 6) is 0. The molecule has 0 aliphatic carbocycles. The first-order valence-corrected chi connectivity index (χ1v) is 12.5. The number of halogens is 1. The van der Waals surface area contributed by atoms with Crippen molar-refractivity contribution >= 4 is 18.7 Å². The Morgan fingerprint density at radius 3 is 2.07 bits per heavy atom. The Kier molecular flexibility index (Phi) is 5.45. The van der Waals surface area contributed by atoms with E-state index in [1.807, 2.05) is 12.1 Å². The van der Waals surface area contributed by atoms with Gasteiger partial charge in [0.1, 0.15) is 6.17 Å². The van der Waals surface area contributed by atoms with Crippen molar-refractivity contribution in [3.8, 4) is 0 Å². The highest BCUT2D eigenvalue weighted by Crippen LogP contribution is 2.43. The van der Waals surface area contributed by atoms with Gasteiger partial charge in [-0.15, -0.1) is 0 Å². The van der Waals surface area contributed by atoms with E-state index in [-0.39, 0.29) is 5.04 Å². The van der Waals surface area contributed by atoms with Gasteiger partial charge in [0.05, 0.1) is 12.7 Å². The van der Waals surface area contributed by atoms with Crippen LogP contribution in [-0.4, -0.2) is 55.8 Å². The maximum absolute atomic E-state index is 14.3. The Morgan fingerprint density at radius 1 is 1.00 bits per heavy atom. The maximum Gasteiger partial charge on any atom is 0.261 e. The summed E-state index contributed by atoms with van der Waals surface area (Å²) in [6.45, 7) is 8.17. The summed E-state index contributed by atoms with van der Waals surface area (Å²) in [6, 6.07) is 21.1. The molecular formula is C24H32FNO2Si. The first-order valence-electron chi connectivity index (χ1n) is 10.6. The molecule has 1 N–H and O–H groups in total. The van der Waals surface area contributed by atoms with E-state index >= 15 is 0 Å². The Morgan fingerprint density at radius 2 is 1.55 bits per heavy atom. The minimum Gasteiger partial charge on any atom is -0.406 e. The van der Waals surface area contributed by atoms with Crippen molar-refractivity contribution in [3.05, 3.63) is 60.7 Å². The zero-order chi connectivity index (χ0) is 20.7. The number of hydrogen-bond donors (Lipinski definition) is 1. The second-order valence-electron chi connectivity index (χ2n) is 9.74. The van der Waals surface area contributed by atoms with E-state index in [9.17, 15) is 9.50 Å². The summed E-state index contributed by atoms with van der Waals surface area (Å²) in [7, 11) is -2.66. The van der Waals surface area contributed by atoms with E-state index < -0.39 is 26.1 Å². The second kappa shape index (κ2) is 7.62. The highest BCUT2D eigenvalue weighted by Gasteiger charge is 2.56. The highest BCUT2D eigenvalue weighted by atomic mass is 28.4. The lowest BCUT2D eigenvalue weighted by molar-refractivity contribution is 0.106. The molecule has 0 spiro atoms. The maximum atomic E-state index is 14.3. The second-order valence-corrected chi connectivity index (χ2v) is 14.0. The largest absolute Gasteiger partial charge is 0.406 e. The van der Waals surface area contributed by atoms with E-state index in [0.717, 1.165) is 0 Å². The number of benzene rings is 2. The van der Waals surface area contributed by atoms with Gasteiger partial charge in [-0.1, -0.05) is 81.4 Å². The first-order chi connectivity index (χ1) is 13.8. The summed E-state index contributed by atoms with van der Waals surface area (Å²) in [6.07, 6.45) is -0.205. The third-order valence-electron chi connectivity index (χ3n) is 6.71. The molecule has 29 heavy (non-hydrogen) atoms. The summed E-state index contributed by atoms with van der Waals surface area (Å²) in [4.78, 5) is 2.13. The molecule has 5 heteroatoms. The standard InChI is InChI=1S/C24H32FNO2Si/c1-23(2,3)29(21-10-6-4-7-11-21,22-12-8-5-9-13-22)28-18-24-14-19(25)16-26(24)17-20(27)15-24/h4-13,19-20,27H,14-18H2,1-3H3/t19-,20?,24-/m1/s1. The first kappa shape index (κ1) is 20.7. The minimum absolute atomic E-state index is 0.109. The van der Waals surface area contributed by atoms with Crippen LogP contribution in [0.25, 0.3) is 0 Å². The van der Waals surface area contributed by atoms with Crippen LogP contribution in [-0.2, 0) is 4.43 Å². The van der Waals surface area contributed by atoms with Crippen LogP contribution in [0.4, 0.5) is 4.39 Å².